The second kappa shape index (κ2) is 5.83. The number of rotatable bonds is 5. The average Bonchev–Trinajstić information content (AvgIpc) is 2.39. The van der Waals surface area contributed by atoms with E-state index in [0.717, 1.165) is 32.6 Å². The summed E-state index contributed by atoms with van der Waals surface area (Å²) < 4.78 is 0. The number of nitrogens with zero attached hydrogens (tertiary/aromatic N) is 1. The fourth-order valence-electron chi connectivity index (χ4n) is 2.77. The van der Waals surface area contributed by atoms with Gasteiger partial charge in [-0.2, -0.15) is 0 Å². The highest BCUT2D eigenvalue weighted by Crippen LogP contribution is 2.20. The summed E-state index contributed by atoms with van der Waals surface area (Å²) in [6.45, 7) is 8.22. The monoisotopic (exact) mass is 248 g/mol. The van der Waals surface area contributed by atoms with E-state index in [2.05, 4.69) is 48.3 Å². The largest absolute Gasteiger partial charge is 0.394 e. The van der Waals surface area contributed by atoms with Gasteiger partial charge in [0.1, 0.15) is 0 Å². The first kappa shape index (κ1) is 13.5. The molecule has 100 valence electrons. The molecule has 1 unspecified atom stereocenters. The lowest BCUT2D eigenvalue weighted by molar-refractivity contribution is 0.114. The molecule has 0 saturated carbocycles. The van der Waals surface area contributed by atoms with E-state index >= 15 is 0 Å². The van der Waals surface area contributed by atoms with E-state index in [1.807, 2.05) is 0 Å². The molecule has 1 aromatic carbocycles. The molecule has 1 heterocycles. The van der Waals surface area contributed by atoms with Crippen molar-refractivity contribution in [2.45, 2.75) is 32.4 Å². The Morgan fingerprint density at radius 1 is 1.33 bits per heavy atom. The fraction of sp³-hybridized carbons (Fsp3) is 0.600. The number of fused-ring (bicyclic) bond motifs is 1. The third kappa shape index (κ3) is 3.10. The second-order valence-corrected chi connectivity index (χ2v) is 5.48. The summed E-state index contributed by atoms with van der Waals surface area (Å²) in [5.74, 6) is 0. The van der Waals surface area contributed by atoms with Crippen LogP contribution in [-0.2, 0) is 13.0 Å². The summed E-state index contributed by atoms with van der Waals surface area (Å²) in [6.07, 6.45) is 1.11. The van der Waals surface area contributed by atoms with Crippen LogP contribution in [0.15, 0.2) is 24.3 Å². The molecule has 0 radical (unpaired) electrons. The molecule has 0 amide bonds. The quantitative estimate of drug-likeness (QED) is 0.827. The summed E-state index contributed by atoms with van der Waals surface area (Å²) in [5.41, 5.74) is 2.71. The number of benzene rings is 1. The number of likely N-dealkylation sites (N-methyl/N-ethyl adjacent to an activating group) is 1. The van der Waals surface area contributed by atoms with Gasteiger partial charge in [0.05, 0.1) is 12.1 Å². The van der Waals surface area contributed by atoms with Gasteiger partial charge in [-0.25, -0.2) is 0 Å². The molecular weight excluding hydrogens is 224 g/mol. The smallest absolute Gasteiger partial charge is 0.0623 e. The molecule has 1 aliphatic heterocycles. The van der Waals surface area contributed by atoms with E-state index in [1.165, 1.54) is 11.1 Å². The van der Waals surface area contributed by atoms with Crippen LogP contribution in [0, 0.1) is 0 Å². The van der Waals surface area contributed by atoms with Crippen molar-refractivity contribution in [2.75, 3.05) is 26.2 Å². The Hall–Kier alpha value is -0.900. The van der Waals surface area contributed by atoms with Crippen molar-refractivity contribution < 1.29 is 5.11 Å². The van der Waals surface area contributed by atoms with E-state index in [-0.39, 0.29) is 12.1 Å². The average molecular weight is 248 g/mol. The van der Waals surface area contributed by atoms with Crippen LogP contribution in [-0.4, -0.2) is 41.8 Å². The second-order valence-electron chi connectivity index (χ2n) is 5.48. The Bertz CT molecular complexity index is 394. The molecule has 1 atom stereocenters. The molecule has 1 aromatic rings. The molecule has 0 bridgehead atoms. The van der Waals surface area contributed by atoms with Gasteiger partial charge in [0, 0.05) is 19.6 Å². The van der Waals surface area contributed by atoms with Gasteiger partial charge in [0.15, 0.2) is 0 Å². The predicted octanol–water partition coefficient (Wildman–Crippen LogP) is 1.41. The van der Waals surface area contributed by atoms with Crippen molar-refractivity contribution in [3.63, 3.8) is 0 Å². The molecule has 2 N–H and O–H groups in total. The maximum absolute atomic E-state index is 9.55. The molecule has 3 heteroatoms. The minimum atomic E-state index is -0.193. The molecule has 0 aliphatic carbocycles. The number of hydrogen-bond acceptors (Lipinski definition) is 3. The topological polar surface area (TPSA) is 35.5 Å². The van der Waals surface area contributed by atoms with Crippen LogP contribution in [0.1, 0.15) is 25.0 Å². The van der Waals surface area contributed by atoms with Crippen LogP contribution < -0.4 is 5.32 Å². The summed E-state index contributed by atoms with van der Waals surface area (Å²) in [5, 5.41) is 12.9. The number of aliphatic hydroxyl groups excluding tert-OH is 1. The Morgan fingerprint density at radius 2 is 2.06 bits per heavy atom. The lowest BCUT2D eigenvalue weighted by Gasteiger charge is -2.37. The van der Waals surface area contributed by atoms with Gasteiger partial charge in [-0.15, -0.1) is 0 Å². The van der Waals surface area contributed by atoms with E-state index in [0.29, 0.717) is 0 Å². The van der Waals surface area contributed by atoms with Crippen LogP contribution >= 0.6 is 0 Å². The molecular formula is C15H24N2O. The van der Waals surface area contributed by atoms with Gasteiger partial charge in [0.25, 0.3) is 0 Å². The Kier molecular flexibility index (Phi) is 4.38. The molecule has 2 rings (SSSR count). The molecule has 0 spiro atoms. The van der Waals surface area contributed by atoms with Crippen LogP contribution in [0.4, 0.5) is 0 Å². The Morgan fingerprint density at radius 3 is 2.72 bits per heavy atom. The molecule has 0 aromatic heterocycles. The third-order valence-corrected chi connectivity index (χ3v) is 3.73. The molecule has 3 nitrogen and oxygen atoms in total. The van der Waals surface area contributed by atoms with Crippen molar-refractivity contribution in [1.82, 2.24) is 10.2 Å². The number of aliphatic hydroxyl groups is 1. The first-order valence-electron chi connectivity index (χ1n) is 6.82. The van der Waals surface area contributed by atoms with Crippen molar-refractivity contribution in [3.8, 4) is 0 Å². The van der Waals surface area contributed by atoms with Crippen molar-refractivity contribution >= 4 is 0 Å². The van der Waals surface area contributed by atoms with Crippen molar-refractivity contribution in [3.05, 3.63) is 35.4 Å². The highest BCUT2D eigenvalue weighted by Gasteiger charge is 2.27. The summed E-state index contributed by atoms with van der Waals surface area (Å²) in [4.78, 5) is 2.43. The van der Waals surface area contributed by atoms with E-state index < -0.39 is 0 Å². The number of nitrogens with one attached hydrogen (secondary N) is 1. The lowest BCUT2D eigenvalue weighted by atomic mass is 9.97. The summed E-state index contributed by atoms with van der Waals surface area (Å²) >= 11 is 0. The standard InChI is InChI=1S/C15H24N2O/c1-3-16-15(2,12-18)11-17-9-8-13-6-4-5-7-14(13)10-17/h4-7,16,18H,3,8-12H2,1-2H3. The number of hydrogen-bond donors (Lipinski definition) is 2. The first-order valence-corrected chi connectivity index (χ1v) is 6.82. The zero-order valence-corrected chi connectivity index (χ0v) is 11.4. The van der Waals surface area contributed by atoms with Gasteiger partial charge in [-0.3, -0.25) is 4.90 Å². The lowest BCUT2D eigenvalue weighted by Crippen LogP contribution is -2.54. The molecule has 1 aliphatic rings. The maximum atomic E-state index is 9.55. The fourth-order valence-corrected chi connectivity index (χ4v) is 2.77. The molecule has 18 heavy (non-hydrogen) atoms. The van der Waals surface area contributed by atoms with Crippen LogP contribution in [0.3, 0.4) is 0 Å². The normalized spacial score (nSPS) is 19.3. The van der Waals surface area contributed by atoms with Gasteiger partial charge in [0.2, 0.25) is 0 Å². The molecule has 0 fully saturated rings. The minimum Gasteiger partial charge on any atom is -0.394 e. The van der Waals surface area contributed by atoms with Crippen LogP contribution in [0.2, 0.25) is 0 Å². The summed E-state index contributed by atoms with van der Waals surface area (Å²) in [7, 11) is 0. The van der Waals surface area contributed by atoms with Gasteiger partial charge < -0.3 is 10.4 Å². The highest BCUT2D eigenvalue weighted by molar-refractivity contribution is 5.29. The summed E-state index contributed by atoms with van der Waals surface area (Å²) in [6, 6.07) is 8.66. The van der Waals surface area contributed by atoms with E-state index in [4.69, 9.17) is 0 Å². The van der Waals surface area contributed by atoms with E-state index in [1.54, 1.807) is 0 Å². The highest BCUT2D eigenvalue weighted by atomic mass is 16.3. The zero-order valence-electron chi connectivity index (χ0n) is 11.4. The predicted molar refractivity (Wildman–Crippen MR) is 74.6 cm³/mol. The zero-order chi connectivity index (χ0) is 13.0. The van der Waals surface area contributed by atoms with Crippen molar-refractivity contribution in [1.29, 1.82) is 0 Å². The van der Waals surface area contributed by atoms with Crippen LogP contribution in [0.5, 0.6) is 0 Å². The Balaban J connectivity index is 2.01. The minimum absolute atomic E-state index is 0.180. The third-order valence-electron chi connectivity index (χ3n) is 3.73. The first-order chi connectivity index (χ1) is 8.67. The van der Waals surface area contributed by atoms with Gasteiger partial charge >= 0.3 is 0 Å². The van der Waals surface area contributed by atoms with E-state index in [9.17, 15) is 5.11 Å². The Labute approximate surface area is 110 Å². The SMILES string of the molecule is CCNC(C)(CO)CN1CCc2ccccc2C1. The van der Waals surface area contributed by atoms with Crippen LogP contribution in [0.25, 0.3) is 0 Å². The maximum Gasteiger partial charge on any atom is 0.0623 e. The van der Waals surface area contributed by atoms with Gasteiger partial charge in [-0.05, 0) is 31.0 Å². The van der Waals surface area contributed by atoms with Crippen molar-refractivity contribution in [2.24, 2.45) is 0 Å². The van der Waals surface area contributed by atoms with Gasteiger partial charge in [-0.1, -0.05) is 31.2 Å². The molecule has 0 saturated heterocycles.